The van der Waals surface area contributed by atoms with Crippen molar-refractivity contribution in [3.05, 3.63) is 41.3 Å². The number of hydrogen-bond acceptors (Lipinski definition) is 8. The van der Waals surface area contributed by atoms with Gasteiger partial charge in [-0.15, -0.1) is 0 Å². The molecule has 2 saturated heterocycles. The number of nitrogens with zero attached hydrogens (tertiary/aromatic N) is 3. The molecule has 43 heavy (non-hydrogen) atoms. The predicted octanol–water partition coefficient (Wildman–Crippen LogP) is 6.22. The van der Waals surface area contributed by atoms with Crippen LogP contribution in [-0.4, -0.2) is 54.1 Å². The minimum atomic E-state index is -3.78. The van der Waals surface area contributed by atoms with E-state index in [1.54, 1.807) is 12.1 Å². The largest absolute Gasteiger partial charge is 0.374 e. The van der Waals surface area contributed by atoms with Crippen molar-refractivity contribution in [1.29, 1.82) is 0 Å². The van der Waals surface area contributed by atoms with E-state index in [1.807, 2.05) is 0 Å². The van der Waals surface area contributed by atoms with Crippen molar-refractivity contribution >= 4 is 38.2 Å². The number of ether oxygens (including phenoxy) is 2. The Labute approximate surface area is 245 Å². The summed E-state index contributed by atoms with van der Waals surface area (Å²) in [5.41, 5.74) is 1.03. The van der Waals surface area contributed by atoms with E-state index in [0.29, 0.717) is 25.2 Å². The number of ketones is 1. The van der Waals surface area contributed by atoms with Crippen LogP contribution < -0.4 is 5.32 Å². The van der Waals surface area contributed by atoms with Gasteiger partial charge in [0.05, 0.1) is 34.0 Å². The van der Waals surface area contributed by atoms with Crippen LogP contribution in [0.4, 0.5) is 28.9 Å². The molecular weight excluding hydrogens is 592 g/mol. The molecule has 6 rings (SSSR count). The van der Waals surface area contributed by atoms with Crippen molar-refractivity contribution in [3.63, 3.8) is 0 Å². The third-order valence-electron chi connectivity index (χ3n) is 8.16. The molecule has 3 aromatic rings. The van der Waals surface area contributed by atoms with Crippen LogP contribution in [0.3, 0.4) is 0 Å². The SMILES string of the molecule is CS(=O)(=O)c1cc([C@@H]2CCCCO2)ccc1Nc1cc(CC(=O)C2CC2(F)F)nc2c1nc(C(F)F)n2C1CCCCO1. The minimum Gasteiger partial charge on any atom is -0.374 e. The molecule has 0 radical (unpaired) electrons. The molecule has 2 unspecified atom stereocenters. The van der Waals surface area contributed by atoms with Crippen LogP contribution in [0.1, 0.15) is 80.8 Å². The summed E-state index contributed by atoms with van der Waals surface area (Å²) in [6.07, 6.45) is 0.551. The number of hydrogen-bond donors (Lipinski definition) is 1. The van der Waals surface area contributed by atoms with Crippen molar-refractivity contribution in [2.24, 2.45) is 5.92 Å². The summed E-state index contributed by atoms with van der Waals surface area (Å²) in [6.45, 7) is 0.920. The van der Waals surface area contributed by atoms with Crippen LogP contribution in [0, 0.1) is 5.92 Å². The number of carbonyl (C=O) groups is 1. The monoisotopic (exact) mass is 624 g/mol. The zero-order valence-electron chi connectivity index (χ0n) is 23.5. The number of Topliss-reactive ketones (excluding diaryl/α,β-unsaturated/α-hetero) is 1. The van der Waals surface area contributed by atoms with Gasteiger partial charge in [0.25, 0.3) is 12.3 Å². The standard InChI is InChI=1S/C29H32F4N4O5S/c1-43(39,40)23-12-16(22-6-2-4-10-41-22)8-9-19(23)35-20-13-17(14-21(38)18-15-29(18,32)33)34-27-25(20)36-28(26(30)31)37(27)24-7-3-5-11-42-24/h8-9,12-13,18,22,24,26H,2-7,10-11,14-15H2,1H3,(H,34,35)/t18?,22-,24?/m0/s1. The number of rotatable bonds is 9. The molecule has 0 amide bonds. The second-order valence-corrected chi connectivity index (χ2v) is 13.4. The average Bonchev–Trinajstić information content (AvgIpc) is 3.44. The minimum absolute atomic E-state index is 0.00862. The zero-order chi connectivity index (χ0) is 30.5. The molecule has 3 atom stereocenters. The van der Waals surface area contributed by atoms with E-state index in [4.69, 9.17) is 9.47 Å². The first-order chi connectivity index (χ1) is 20.4. The van der Waals surface area contributed by atoms with Crippen molar-refractivity contribution in [2.75, 3.05) is 24.8 Å². The summed E-state index contributed by atoms with van der Waals surface area (Å²) in [6, 6.07) is 6.22. The maximum Gasteiger partial charge on any atom is 0.295 e. The lowest BCUT2D eigenvalue weighted by atomic mass is 10.0. The van der Waals surface area contributed by atoms with Crippen LogP contribution in [0.2, 0.25) is 0 Å². The summed E-state index contributed by atoms with van der Waals surface area (Å²) in [4.78, 5) is 21.3. The highest BCUT2D eigenvalue weighted by molar-refractivity contribution is 7.90. The Kier molecular flexibility index (Phi) is 7.96. The maximum absolute atomic E-state index is 14.3. The van der Waals surface area contributed by atoms with Gasteiger partial charge < -0.3 is 14.8 Å². The molecule has 3 fully saturated rings. The molecule has 2 aliphatic heterocycles. The van der Waals surface area contributed by atoms with Crippen LogP contribution in [-0.2, 0) is 30.5 Å². The number of halogens is 4. The Morgan fingerprint density at radius 2 is 1.79 bits per heavy atom. The number of nitrogens with one attached hydrogen (secondary N) is 1. The third kappa shape index (κ3) is 6.14. The van der Waals surface area contributed by atoms with Crippen molar-refractivity contribution < 1.29 is 40.2 Å². The molecular formula is C29H32F4N4O5S. The Morgan fingerprint density at radius 3 is 2.40 bits per heavy atom. The van der Waals surface area contributed by atoms with Crippen molar-refractivity contribution in [2.45, 2.75) is 80.9 Å². The topological polar surface area (TPSA) is 112 Å². The van der Waals surface area contributed by atoms with Crippen LogP contribution in [0.5, 0.6) is 0 Å². The van der Waals surface area contributed by atoms with Gasteiger partial charge in [-0.3, -0.25) is 9.36 Å². The number of fused-ring (bicyclic) bond motifs is 1. The van der Waals surface area contributed by atoms with Gasteiger partial charge in [-0.2, -0.15) is 0 Å². The second kappa shape index (κ2) is 11.4. The molecule has 9 nitrogen and oxygen atoms in total. The fourth-order valence-corrected chi connectivity index (χ4v) is 6.71. The lowest BCUT2D eigenvalue weighted by molar-refractivity contribution is -0.121. The van der Waals surface area contributed by atoms with E-state index >= 15 is 0 Å². The summed E-state index contributed by atoms with van der Waals surface area (Å²) < 4.78 is 94.6. The van der Waals surface area contributed by atoms with E-state index in [1.165, 1.54) is 16.7 Å². The molecule has 4 heterocycles. The summed E-state index contributed by atoms with van der Waals surface area (Å²) in [7, 11) is -3.78. The van der Waals surface area contributed by atoms with Gasteiger partial charge in [0, 0.05) is 32.3 Å². The molecule has 1 aromatic carbocycles. The second-order valence-electron chi connectivity index (χ2n) is 11.5. The summed E-state index contributed by atoms with van der Waals surface area (Å²) in [5, 5.41) is 3.03. The normalized spacial score (nSPS) is 23.9. The lowest BCUT2D eigenvalue weighted by Crippen LogP contribution is -2.21. The van der Waals surface area contributed by atoms with Gasteiger partial charge in [0.15, 0.2) is 21.3 Å². The Morgan fingerprint density at radius 1 is 1.07 bits per heavy atom. The number of pyridine rings is 1. The summed E-state index contributed by atoms with van der Waals surface area (Å²) >= 11 is 0. The van der Waals surface area contributed by atoms with E-state index in [9.17, 15) is 30.8 Å². The van der Waals surface area contributed by atoms with Gasteiger partial charge in [-0.05, 0) is 62.3 Å². The van der Waals surface area contributed by atoms with Crippen LogP contribution in [0.25, 0.3) is 11.2 Å². The third-order valence-corrected chi connectivity index (χ3v) is 9.30. The van der Waals surface area contributed by atoms with Crippen LogP contribution >= 0.6 is 0 Å². The number of sulfone groups is 1. The number of anilines is 2. The number of carbonyl (C=O) groups excluding carboxylic acids is 1. The maximum atomic E-state index is 14.3. The van der Waals surface area contributed by atoms with Gasteiger partial charge in [0.1, 0.15) is 17.5 Å². The molecule has 1 aliphatic carbocycles. The lowest BCUT2D eigenvalue weighted by Gasteiger charge is -2.25. The first kappa shape index (κ1) is 29.9. The smallest absolute Gasteiger partial charge is 0.295 e. The van der Waals surface area contributed by atoms with Gasteiger partial charge in [-0.1, -0.05) is 6.07 Å². The van der Waals surface area contributed by atoms with Gasteiger partial charge in [-0.25, -0.2) is 35.9 Å². The number of aromatic nitrogens is 3. The van der Waals surface area contributed by atoms with E-state index < -0.39 is 58.8 Å². The molecule has 1 saturated carbocycles. The Hall–Kier alpha value is -3.10. The van der Waals surface area contributed by atoms with E-state index in [0.717, 1.165) is 38.4 Å². The highest BCUT2D eigenvalue weighted by Gasteiger charge is 2.60. The Bertz CT molecular complexity index is 1650. The van der Waals surface area contributed by atoms with Gasteiger partial charge in [0.2, 0.25) is 0 Å². The molecule has 3 aliphatic rings. The Balaban J connectivity index is 1.46. The molecule has 14 heteroatoms. The van der Waals surface area contributed by atoms with Crippen molar-refractivity contribution in [3.8, 4) is 0 Å². The van der Waals surface area contributed by atoms with E-state index in [-0.39, 0.29) is 39.2 Å². The molecule has 0 bridgehead atoms. The zero-order valence-corrected chi connectivity index (χ0v) is 24.3. The number of imidazole rings is 1. The van der Waals surface area contributed by atoms with Crippen LogP contribution in [0.15, 0.2) is 29.2 Å². The molecule has 1 N–H and O–H groups in total. The highest BCUT2D eigenvalue weighted by Crippen LogP contribution is 2.49. The fraction of sp³-hybridized carbons (Fsp3) is 0.552. The van der Waals surface area contributed by atoms with E-state index in [2.05, 4.69) is 15.3 Å². The number of benzene rings is 1. The first-order valence-electron chi connectivity index (χ1n) is 14.4. The predicted molar refractivity (Wildman–Crippen MR) is 148 cm³/mol. The highest BCUT2D eigenvalue weighted by atomic mass is 32.2. The number of alkyl halides is 4. The quantitative estimate of drug-likeness (QED) is 0.279. The molecule has 232 valence electrons. The summed E-state index contributed by atoms with van der Waals surface area (Å²) in [5.74, 6) is -5.80. The average molecular weight is 625 g/mol. The first-order valence-corrected chi connectivity index (χ1v) is 16.3. The fourth-order valence-electron chi connectivity index (χ4n) is 5.85. The van der Waals surface area contributed by atoms with Gasteiger partial charge >= 0.3 is 0 Å². The molecule has 2 aromatic heterocycles. The van der Waals surface area contributed by atoms with Crippen molar-refractivity contribution in [1.82, 2.24) is 14.5 Å². The molecule has 0 spiro atoms.